The van der Waals surface area contributed by atoms with Gasteiger partial charge in [0.25, 0.3) is 0 Å². The van der Waals surface area contributed by atoms with Crippen LogP contribution >= 0.6 is 0 Å². The van der Waals surface area contributed by atoms with Crippen LogP contribution < -0.4 is 10.1 Å². The number of piperidine rings is 1. The zero-order valence-corrected chi connectivity index (χ0v) is 32.0. The molecular formula is C36H58F5NO14. The molecule has 0 saturated carbocycles. The minimum atomic E-state index is -2.35. The first kappa shape index (κ1) is 50.0. The molecule has 1 saturated heterocycles. The SMILES string of the molecule is O=C(CCOCCOCCOCCOCCOCCOCCOCCOCCOCCOCCOCCOC1CCNCC1)Oc1c(F)c(F)c(F)c(F)c1F. The smallest absolute Gasteiger partial charge is 0.313 e. The summed E-state index contributed by atoms with van der Waals surface area (Å²) in [6.07, 6.45) is 1.98. The lowest BCUT2D eigenvalue weighted by atomic mass is 10.1. The summed E-state index contributed by atoms with van der Waals surface area (Å²) in [7, 11) is 0. The first-order chi connectivity index (χ1) is 27.4. The molecule has 15 nitrogen and oxygen atoms in total. The van der Waals surface area contributed by atoms with E-state index >= 15 is 0 Å². The number of rotatable bonds is 38. The normalized spacial score (nSPS) is 13.5. The molecular weight excluding hydrogens is 765 g/mol. The van der Waals surface area contributed by atoms with E-state index in [0.29, 0.717) is 132 Å². The van der Waals surface area contributed by atoms with Crippen molar-refractivity contribution in [1.82, 2.24) is 5.32 Å². The predicted octanol–water partition coefficient (Wildman–Crippen LogP) is 2.63. The van der Waals surface area contributed by atoms with Crippen LogP contribution in [0.1, 0.15) is 19.3 Å². The minimum absolute atomic E-state index is 0.0796. The van der Waals surface area contributed by atoms with Gasteiger partial charge in [-0.15, -0.1) is 0 Å². The highest BCUT2D eigenvalue weighted by molar-refractivity contribution is 5.72. The largest absolute Gasteiger partial charge is 0.420 e. The summed E-state index contributed by atoms with van der Waals surface area (Å²) in [5.74, 6) is -14.1. The van der Waals surface area contributed by atoms with Crippen LogP contribution in [0.4, 0.5) is 22.0 Å². The van der Waals surface area contributed by atoms with E-state index in [9.17, 15) is 26.7 Å². The molecule has 0 amide bonds. The Labute approximate surface area is 324 Å². The van der Waals surface area contributed by atoms with Crippen LogP contribution in [0.3, 0.4) is 0 Å². The highest BCUT2D eigenvalue weighted by atomic mass is 19.2. The molecule has 1 heterocycles. The molecule has 0 unspecified atom stereocenters. The van der Waals surface area contributed by atoms with Gasteiger partial charge in [-0.3, -0.25) is 4.79 Å². The van der Waals surface area contributed by atoms with E-state index in [1.54, 1.807) is 0 Å². The van der Waals surface area contributed by atoms with Crippen molar-refractivity contribution in [2.45, 2.75) is 25.4 Å². The summed E-state index contributed by atoms with van der Waals surface area (Å²) in [5, 5.41) is 3.31. The van der Waals surface area contributed by atoms with Gasteiger partial charge in [0, 0.05) is 0 Å². The molecule has 0 radical (unpaired) electrons. The summed E-state index contributed by atoms with van der Waals surface area (Å²) in [4.78, 5) is 11.7. The number of hydrogen-bond acceptors (Lipinski definition) is 15. The second-order valence-electron chi connectivity index (χ2n) is 11.7. The Morgan fingerprint density at radius 3 is 1.00 bits per heavy atom. The Morgan fingerprint density at radius 2 is 0.679 bits per heavy atom. The number of hydrogen-bond donors (Lipinski definition) is 1. The fraction of sp³-hybridized carbons (Fsp3) is 0.806. The molecule has 20 heteroatoms. The molecule has 1 aliphatic heterocycles. The van der Waals surface area contributed by atoms with Gasteiger partial charge in [-0.2, -0.15) is 8.78 Å². The number of benzene rings is 1. The molecule has 0 spiro atoms. The monoisotopic (exact) mass is 823 g/mol. The summed E-state index contributed by atoms with van der Waals surface area (Å²) < 4.78 is 136. The van der Waals surface area contributed by atoms with Crippen LogP contribution in [0.25, 0.3) is 0 Å². The lowest BCUT2D eigenvalue weighted by Crippen LogP contribution is -2.33. The topological polar surface area (TPSA) is 149 Å². The molecule has 1 fully saturated rings. The number of halogens is 5. The molecule has 0 bridgehead atoms. The maximum atomic E-state index is 13.6. The molecule has 1 aromatic carbocycles. The van der Waals surface area contributed by atoms with Crippen LogP contribution in [0, 0.1) is 29.1 Å². The van der Waals surface area contributed by atoms with Gasteiger partial charge >= 0.3 is 5.97 Å². The van der Waals surface area contributed by atoms with Crippen molar-refractivity contribution in [3.05, 3.63) is 29.1 Å². The van der Waals surface area contributed by atoms with Crippen LogP contribution in [-0.4, -0.2) is 177 Å². The van der Waals surface area contributed by atoms with E-state index in [1.165, 1.54) is 0 Å². The van der Waals surface area contributed by atoms with Gasteiger partial charge in [0.05, 0.1) is 164 Å². The molecule has 2 rings (SSSR count). The van der Waals surface area contributed by atoms with E-state index in [2.05, 4.69) is 10.1 Å². The van der Waals surface area contributed by atoms with Crippen molar-refractivity contribution in [3.63, 3.8) is 0 Å². The maximum Gasteiger partial charge on any atom is 0.313 e. The average molecular weight is 824 g/mol. The fourth-order valence-electron chi connectivity index (χ4n) is 4.53. The minimum Gasteiger partial charge on any atom is -0.420 e. The first-order valence-corrected chi connectivity index (χ1v) is 18.8. The van der Waals surface area contributed by atoms with Crippen LogP contribution in [0.15, 0.2) is 0 Å². The van der Waals surface area contributed by atoms with E-state index in [1.807, 2.05) is 0 Å². The Bertz CT molecular complexity index is 1100. The van der Waals surface area contributed by atoms with Crippen molar-refractivity contribution in [3.8, 4) is 5.75 Å². The summed E-state index contributed by atoms with van der Waals surface area (Å²) in [6.45, 7) is 11.1. The molecule has 56 heavy (non-hydrogen) atoms. The Kier molecular flexibility index (Phi) is 31.1. The van der Waals surface area contributed by atoms with Crippen LogP contribution in [-0.2, 0) is 61.6 Å². The van der Waals surface area contributed by atoms with Crippen molar-refractivity contribution in [2.75, 3.05) is 165 Å². The quantitative estimate of drug-likeness (QED) is 0.0260. The molecule has 326 valence electrons. The lowest BCUT2D eigenvalue weighted by Gasteiger charge is -2.22. The number of ether oxygens (including phenoxy) is 13. The highest BCUT2D eigenvalue weighted by Crippen LogP contribution is 2.29. The van der Waals surface area contributed by atoms with Crippen molar-refractivity contribution in [1.29, 1.82) is 0 Å². The fourth-order valence-corrected chi connectivity index (χ4v) is 4.53. The molecule has 0 atom stereocenters. The second kappa shape index (κ2) is 34.8. The van der Waals surface area contributed by atoms with Crippen LogP contribution in [0.5, 0.6) is 5.75 Å². The average Bonchev–Trinajstić information content (AvgIpc) is 3.21. The third-order valence-electron chi connectivity index (χ3n) is 7.42. The molecule has 1 N–H and O–H groups in total. The summed E-state index contributed by atoms with van der Waals surface area (Å²) in [6, 6.07) is 0. The van der Waals surface area contributed by atoms with Gasteiger partial charge < -0.3 is 66.9 Å². The third kappa shape index (κ3) is 25.2. The van der Waals surface area contributed by atoms with Crippen molar-refractivity contribution >= 4 is 5.97 Å². The van der Waals surface area contributed by atoms with Gasteiger partial charge in [0.15, 0.2) is 0 Å². The van der Waals surface area contributed by atoms with Crippen molar-refractivity contribution in [2.24, 2.45) is 0 Å². The Hall–Kier alpha value is -2.18. The molecule has 0 aromatic heterocycles. The standard InChI is InChI=1S/C36H58F5NO14/c37-31-32(38)34(40)36(35(41)33(31)39)56-30(43)3-6-44-7-8-45-9-10-46-11-12-47-13-14-48-15-16-49-17-18-50-19-20-51-21-22-52-23-24-53-25-26-54-27-28-55-29-1-4-42-5-2-29/h29,42H,1-28H2. The Morgan fingerprint density at radius 1 is 0.411 bits per heavy atom. The van der Waals surface area contributed by atoms with Gasteiger partial charge in [0.2, 0.25) is 34.8 Å². The number of carbonyl (C=O) groups is 1. The van der Waals surface area contributed by atoms with Gasteiger partial charge in [0.1, 0.15) is 0 Å². The van der Waals surface area contributed by atoms with Crippen molar-refractivity contribution < 1.29 is 88.3 Å². The summed E-state index contributed by atoms with van der Waals surface area (Å²) >= 11 is 0. The zero-order chi connectivity index (χ0) is 40.3. The second-order valence-corrected chi connectivity index (χ2v) is 11.7. The number of nitrogens with one attached hydrogen (secondary N) is 1. The highest BCUT2D eigenvalue weighted by Gasteiger charge is 2.28. The maximum absolute atomic E-state index is 13.6. The van der Waals surface area contributed by atoms with Gasteiger partial charge in [-0.25, -0.2) is 13.2 Å². The van der Waals surface area contributed by atoms with E-state index in [0.717, 1.165) is 25.9 Å². The predicted molar refractivity (Wildman–Crippen MR) is 187 cm³/mol. The number of carbonyl (C=O) groups excluding carboxylic acids is 1. The molecule has 1 aromatic rings. The summed E-state index contributed by atoms with van der Waals surface area (Å²) in [5.41, 5.74) is 0. The van der Waals surface area contributed by atoms with Crippen LogP contribution in [0.2, 0.25) is 0 Å². The Balaban J connectivity index is 1.18. The first-order valence-electron chi connectivity index (χ1n) is 18.8. The van der Waals surface area contributed by atoms with E-state index in [-0.39, 0.29) is 26.4 Å². The third-order valence-corrected chi connectivity index (χ3v) is 7.42. The van der Waals surface area contributed by atoms with E-state index in [4.69, 9.17) is 56.8 Å². The lowest BCUT2D eigenvalue weighted by molar-refractivity contribution is -0.136. The van der Waals surface area contributed by atoms with E-state index < -0.39 is 47.2 Å². The van der Waals surface area contributed by atoms with Gasteiger partial charge in [-0.1, -0.05) is 0 Å². The molecule has 0 aliphatic carbocycles. The zero-order valence-electron chi connectivity index (χ0n) is 32.0. The molecule has 1 aliphatic rings. The number of esters is 1. The van der Waals surface area contributed by atoms with Gasteiger partial charge in [-0.05, 0) is 25.9 Å².